The number of imidazole rings is 1. The zero-order valence-corrected chi connectivity index (χ0v) is 9.11. The third kappa shape index (κ3) is 1.50. The van der Waals surface area contributed by atoms with Gasteiger partial charge < -0.3 is 9.72 Å². The van der Waals surface area contributed by atoms with Gasteiger partial charge in [-0.25, -0.2) is 9.59 Å². The van der Waals surface area contributed by atoms with Gasteiger partial charge in [0.1, 0.15) is 0 Å². The fraction of sp³-hybridized carbons (Fsp3) is 0.273. The molecule has 0 bridgehead atoms. The molecule has 0 atom stereocenters. The lowest BCUT2D eigenvalue weighted by Crippen LogP contribution is -2.11. The predicted octanol–water partition coefficient (Wildman–Crippen LogP) is 1.04. The van der Waals surface area contributed by atoms with E-state index in [1.807, 2.05) is 0 Å². The number of esters is 1. The van der Waals surface area contributed by atoms with E-state index in [0.717, 1.165) is 0 Å². The molecule has 0 aliphatic carbocycles. The Kier molecular flexibility index (Phi) is 2.52. The average molecular weight is 220 g/mol. The van der Waals surface area contributed by atoms with Crippen LogP contribution in [-0.2, 0) is 11.8 Å². The molecule has 5 nitrogen and oxygen atoms in total. The van der Waals surface area contributed by atoms with E-state index >= 15 is 0 Å². The summed E-state index contributed by atoms with van der Waals surface area (Å²) in [6.45, 7) is 2.05. The van der Waals surface area contributed by atoms with Crippen LogP contribution in [0.15, 0.2) is 23.0 Å². The quantitative estimate of drug-likeness (QED) is 0.769. The molecule has 0 aliphatic heterocycles. The molecule has 0 amide bonds. The number of ether oxygens (including phenoxy) is 1. The number of para-hydroxylation sites is 1. The molecule has 1 heterocycles. The predicted molar refractivity (Wildman–Crippen MR) is 59.5 cm³/mol. The Bertz CT molecular complexity index is 595. The van der Waals surface area contributed by atoms with Crippen LogP contribution in [0.3, 0.4) is 0 Å². The molecule has 0 radical (unpaired) electrons. The highest BCUT2D eigenvalue weighted by molar-refractivity contribution is 6.01. The summed E-state index contributed by atoms with van der Waals surface area (Å²) in [5.41, 5.74) is 1.35. The summed E-state index contributed by atoms with van der Waals surface area (Å²) in [5.74, 6) is -0.421. The van der Waals surface area contributed by atoms with Crippen molar-refractivity contribution in [3.05, 3.63) is 34.2 Å². The second kappa shape index (κ2) is 3.84. The molecule has 1 aromatic carbocycles. The van der Waals surface area contributed by atoms with Gasteiger partial charge in [-0.2, -0.15) is 0 Å². The SMILES string of the molecule is CCOC(=O)c1cccc2c1[nH]c(=O)n2C. The second-order valence-electron chi connectivity index (χ2n) is 3.41. The number of carbonyl (C=O) groups is 1. The van der Waals surface area contributed by atoms with Gasteiger partial charge in [-0.1, -0.05) is 6.07 Å². The molecule has 0 saturated heterocycles. The molecule has 0 spiro atoms. The van der Waals surface area contributed by atoms with E-state index in [2.05, 4.69) is 4.98 Å². The molecule has 2 aromatic rings. The Balaban J connectivity index is 2.67. The third-order valence-corrected chi connectivity index (χ3v) is 2.44. The summed E-state index contributed by atoms with van der Waals surface area (Å²) in [6, 6.07) is 5.13. The van der Waals surface area contributed by atoms with Crippen molar-refractivity contribution in [2.75, 3.05) is 6.61 Å². The van der Waals surface area contributed by atoms with Gasteiger partial charge in [0, 0.05) is 7.05 Å². The van der Waals surface area contributed by atoms with Crippen molar-refractivity contribution in [3.8, 4) is 0 Å². The summed E-state index contributed by atoms with van der Waals surface area (Å²) in [4.78, 5) is 25.7. The van der Waals surface area contributed by atoms with E-state index in [4.69, 9.17) is 4.74 Å². The average Bonchev–Trinajstić information content (AvgIpc) is 2.55. The first-order valence-corrected chi connectivity index (χ1v) is 5.00. The van der Waals surface area contributed by atoms with E-state index in [-0.39, 0.29) is 5.69 Å². The van der Waals surface area contributed by atoms with Crippen molar-refractivity contribution in [1.82, 2.24) is 9.55 Å². The summed E-state index contributed by atoms with van der Waals surface area (Å²) < 4.78 is 6.37. The molecular formula is C11H12N2O3. The van der Waals surface area contributed by atoms with Crippen LogP contribution >= 0.6 is 0 Å². The van der Waals surface area contributed by atoms with Gasteiger partial charge in [0.05, 0.1) is 23.2 Å². The Morgan fingerprint density at radius 1 is 1.50 bits per heavy atom. The number of hydrogen-bond donors (Lipinski definition) is 1. The Morgan fingerprint density at radius 3 is 2.94 bits per heavy atom. The fourth-order valence-electron chi connectivity index (χ4n) is 1.63. The minimum absolute atomic E-state index is 0.244. The van der Waals surface area contributed by atoms with E-state index in [1.165, 1.54) is 4.57 Å². The van der Waals surface area contributed by atoms with Crippen LogP contribution < -0.4 is 5.69 Å². The van der Waals surface area contributed by atoms with E-state index in [9.17, 15) is 9.59 Å². The number of hydrogen-bond acceptors (Lipinski definition) is 3. The number of fused-ring (bicyclic) bond motifs is 1. The van der Waals surface area contributed by atoms with Crippen molar-refractivity contribution < 1.29 is 9.53 Å². The molecule has 0 unspecified atom stereocenters. The highest BCUT2D eigenvalue weighted by atomic mass is 16.5. The molecule has 2 rings (SSSR count). The van der Waals surface area contributed by atoms with Gasteiger partial charge in [0.25, 0.3) is 0 Å². The number of nitrogens with one attached hydrogen (secondary N) is 1. The van der Waals surface area contributed by atoms with Crippen molar-refractivity contribution >= 4 is 17.0 Å². The first-order chi connectivity index (χ1) is 7.65. The highest BCUT2D eigenvalue weighted by Crippen LogP contribution is 2.15. The van der Waals surface area contributed by atoms with Gasteiger partial charge in [-0.15, -0.1) is 0 Å². The van der Waals surface area contributed by atoms with Gasteiger partial charge in [0.15, 0.2) is 0 Å². The van der Waals surface area contributed by atoms with Gasteiger partial charge >= 0.3 is 11.7 Å². The first-order valence-electron chi connectivity index (χ1n) is 5.00. The summed E-state index contributed by atoms with van der Waals surface area (Å²) >= 11 is 0. The highest BCUT2D eigenvalue weighted by Gasteiger charge is 2.14. The summed E-state index contributed by atoms with van der Waals surface area (Å²) in [6.07, 6.45) is 0. The molecule has 1 aromatic heterocycles. The van der Waals surface area contributed by atoms with Crippen molar-refractivity contribution in [2.45, 2.75) is 6.92 Å². The second-order valence-corrected chi connectivity index (χ2v) is 3.41. The van der Waals surface area contributed by atoms with Crippen LogP contribution in [0.25, 0.3) is 11.0 Å². The van der Waals surface area contributed by atoms with Crippen LogP contribution in [-0.4, -0.2) is 22.1 Å². The molecule has 0 fully saturated rings. The smallest absolute Gasteiger partial charge is 0.340 e. The maximum absolute atomic E-state index is 11.6. The Labute approximate surface area is 91.6 Å². The lowest BCUT2D eigenvalue weighted by Gasteiger charge is -2.02. The van der Waals surface area contributed by atoms with Gasteiger partial charge in [-0.3, -0.25) is 4.57 Å². The van der Waals surface area contributed by atoms with Crippen LogP contribution in [0.4, 0.5) is 0 Å². The van der Waals surface area contributed by atoms with Crippen molar-refractivity contribution in [3.63, 3.8) is 0 Å². The fourth-order valence-corrected chi connectivity index (χ4v) is 1.63. The number of carbonyl (C=O) groups excluding carboxylic acids is 1. The Morgan fingerprint density at radius 2 is 2.25 bits per heavy atom. The molecule has 16 heavy (non-hydrogen) atoms. The largest absolute Gasteiger partial charge is 0.462 e. The first kappa shape index (κ1) is 10.5. The van der Waals surface area contributed by atoms with E-state index < -0.39 is 5.97 Å². The van der Waals surface area contributed by atoms with Crippen LogP contribution in [0.1, 0.15) is 17.3 Å². The minimum atomic E-state index is -0.421. The van der Waals surface area contributed by atoms with Gasteiger partial charge in [-0.05, 0) is 19.1 Å². The third-order valence-electron chi connectivity index (χ3n) is 2.44. The maximum Gasteiger partial charge on any atom is 0.340 e. The number of rotatable bonds is 2. The topological polar surface area (TPSA) is 64.1 Å². The Hall–Kier alpha value is -2.04. The van der Waals surface area contributed by atoms with Crippen molar-refractivity contribution in [1.29, 1.82) is 0 Å². The van der Waals surface area contributed by atoms with Crippen LogP contribution in [0, 0.1) is 0 Å². The molecule has 84 valence electrons. The minimum Gasteiger partial charge on any atom is -0.462 e. The zero-order valence-electron chi connectivity index (χ0n) is 9.11. The normalized spacial score (nSPS) is 10.6. The number of H-pyrrole nitrogens is 1. The summed E-state index contributed by atoms with van der Waals surface area (Å²) in [5, 5.41) is 0. The standard InChI is InChI=1S/C11H12N2O3/c1-3-16-10(14)7-5-4-6-8-9(7)12-11(15)13(8)2/h4-6H,3H2,1-2H3,(H,12,15). The number of benzene rings is 1. The molecule has 0 saturated carbocycles. The molecule has 5 heteroatoms. The molecule has 0 aliphatic rings. The zero-order chi connectivity index (χ0) is 11.7. The molecule has 1 N–H and O–H groups in total. The number of aromatic nitrogens is 2. The lowest BCUT2D eigenvalue weighted by molar-refractivity contribution is 0.0528. The monoisotopic (exact) mass is 220 g/mol. The van der Waals surface area contributed by atoms with E-state index in [1.54, 1.807) is 32.2 Å². The van der Waals surface area contributed by atoms with Crippen molar-refractivity contribution in [2.24, 2.45) is 7.05 Å². The number of aryl methyl sites for hydroxylation is 1. The van der Waals surface area contributed by atoms with Crippen LogP contribution in [0.5, 0.6) is 0 Å². The van der Waals surface area contributed by atoms with Gasteiger partial charge in [0.2, 0.25) is 0 Å². The van der Waals surface area contributed by atoms with E-state index in [0.29, 0.717) is 23.2 Å². The van der Waals surface area contributed by atoms with Crippen LogP contribution in [0.2, 0.25) is 0 Å². The number of nitrogens with zero attached hydrogens (tertiary/aromatic N) is 1. The maximum atomic E-state index is 11.6. The summed E-state index contributed by atoms with van der Waals surface area (Å²) in [7, 11) is 1.65. The number of aromatic amines is 1. The molecular weight excluding hydrogens is 208 g/mol. The lowest BCUT2D eigenvalue weighted by atomic mass is 10.2.